The van der Waals surface area contributed by atoms with E-state index < -0.39 is 5.97 Å². The molecule has 0 aliphatic heterocycles. The van der Waals surface area contributed by atoms with E-state index in [1.807, 2.05) is 0 Å². The summed E-state index contributed by atoms with van der Waals surface area (Å²) in [4.78, 5) is 20.8. The largest absolute Gasteiger partial charge is 0.477 e. The highest BCUT2D eigenvalue weighted by atomic mass is 16.5. The van der Waals surface area contributed by atoms with E-state index in [4.69, 9.17) is 9.84 Å². The number of aliphatic carboxylic acids is 1. The van der Waals surface area contributed by atoms with Gasteiger partial charge in [0.1, 0.15) is 13.2 Å². The van der Waals surface area contributed by atoms with Crippen LogP contribution in [0.3, 0.4) is 0 Å². The summed E-state index contributed by atoms with van der Waals surface area (Å²) >= 11 is 0. The second-order valence-electron chi connectivity index (χ2n) is 3.55. The van der Waals surface area contributed by atoms with Crippen molar-refractivity contribution in [1.29, 1.82) is 0 Å². The molecule has 0 atom stereocenters. The Morgan fingerprint density at radius 2 is 1.92 bits per heavy atom. The minimum Gasteiger partial charge on any atom is -0.477 e. The lowest BCUT2D eigenvalue weighted by molar-refractivity contribution is -0.883. The van der Waals surface area contributed by atoms with Gasteiger partial charge in [0.2, 0.25) is 0 Å². The highest BCUT2D eigenvalue weighted by Crippen LogP contribution is 1.96. The fraction of sp³-hybridized carbons (Fsp3) is 0.750. The molecule has 0 aromatic rings. The van der Waals surface area contributed by atoms with Crippen molar-refractivity contribution in [2.75, 3.05) is 33.8 Å². The highest BCUT2D eigenvalue weighted by molar-refractivity contribution is 5.68. The third-order valence-electron chi connectivity index (χ3n) is 1.57. The Morgan fingerprint density at radius 1 is 1.38 bits per heavy atom. The average molecular weight is 190 g/mol. The van der Waals surface area contributed by atoms with Crippen molar-refractivity contribution >= 4 is 11.9 Å². The van der Waals surface area contributed by atoms with Crippen molar-refractivity contribution in [1.82, 2.24) is 0 Å². The standard InChI is InChI=1S/C8H15NO4/c1-7(10)13-5-4-9(2,3)6-8(11)12/h4-6H2,1-3H3/p+1. The zero-order valence-corrected chi connectivity index (χ0v) is 8.24. The second kappa shape index (κ2) is 4.81. The predicted octanol–water partition coefficient (Wildman–Crippen LogP) is -0.289. The molecule has 13 heavy (non-hydrogen) atoms. The van der Waals surface area contributed by atoms with E-state index in [2.05, 4.69) is 0 Å². The molecule has 0 fully saturated rings. The lowest BCUT2D eigenvalue weighted by Crippen LogP contribution is -2.46. The number of carbonyl (C=O) groups excluding carboxylic acids is 1. The van der Waals surface area contributed by atoms with Crippen molar-refractivity contribution in [3.8, 4) is 0 Å². The molecule has 0 spiro atoms. The highest BCUT2D eigenvalue weighted by Gasteiger charge is 2.19. The molecule has 0 aliphatic carbocycles. The molecule has 0 saturated carbocycles. The Morgan fingerprint density at radius 3 is 2.31 bits per heavy atom. The van der Waals surface area contributed by atoms with Crippen LogP contribution in [-0.4, -0.2) is 55.3 Å². The SMILES string of the molecule is CC(=O)OCC[N+](C)(C)CC(=O)O. The van der Waals surface area contributed by atoms with Crippen molar-refractivity contribution in [2.24, 2.45) is 0 Å². The van der Waals surface area contributed by atoms with Gasteiger partial charge < -0.3 is 14.3 Å². The molecule has 0 aromatic heterocycles. The van der Waals surface area contributed by atoms with Gasteiger partial charge >= 0.3 is 11.9 Å². The second-order valence-corrected chi connectivity index (χ2v) is 3.55. The first-order valence-corrected chi connectivity index (χ1v) is 4.01. The summed E-state index contributed by atoms with van der Waals surface area (Å²) in [6.07, 6.45) is 0. The van der Waals surface area contributed by atoms with Gasteiger partial charge in [0.25, 0.3) is 0 Å². The normalized spacial score (nSPS) is 11.0. The third-order valence-corrected chi connectivity index (χ3v) is 1.57. The molecule has 5 heteroatoms. The number of quaternary nitrogens is 1. The molecule has 0 amide bonds. The number of ether oxygens (including phenoxy) is 1. The van der Waals surface area contributed by atoms with Crippen LogP contribution in [0.4, 0.5) is 0 Å². The molecular weight excluding hydrogens is 174 g/mol. The van der Waals surface area contributed by atoms with Gasteiger partial charge in [-0.3, -0.25) is 4.79 Å². The van der Waals surface area contributed by atoms with Gasteiger partial charge in [-0.2, -0.15) is 0 Å². The lowest BCUT2D eigenvalue weighted by Gasteiger charge is -2.27. The van der Waals surface area contributed by atoms with Crippen LogP contribution in [0.25, 0.3) is 0 Å². The van der Waals surface area contributed by atoms with Gasteiger partial charge in [0, 0.05) is 6.92 Å². The number of hydrogen-bond acceptors (Lipinski definition) is 3. The van der Waals surface area contributed by atoms with Crippen LogP contribution < -0.4 is 0 Å². The Labute approximate surface area is 77.5 Å². The van der Waals surface area contributed by atoms with Crippen molar-refractivity contribution in [2.45, 2.75) is 6.92 Å². The maximum absolute atomic E-state index is 10.4. The van der Waals surface area contributed by atoms with Gasteiger partial charge in [-0.1, -0.05) is 0 Å². The number of carboxylic acids is 1. The fourth-order valence-corrected chi connectivity index (χ4v) is 0.882. The van der Waals surface area contributed by atoms with Crippen LogP contribution in [0, 0.1) is 0 Å². The van der Waals surface area contributed by atoms with E-state index >= 15 is 0 Å². The monoisotopic (exact) mass is 190 g/mol. The van der Waals surface area contributed by atoms with Crippen LogP contribution in [0.1, 0.15) is 6.92 Å². The first-order valence-electron chi connectivity index (χ1n) is 4.01. The van der Waals surface area contributed by atoms with Gasteiger partial charge in [0.05, 0.1) is 14.1 Å². The third kappa shape index (κ3) is 7.27. The van der Waals surface area contributed by atoms with Crippen molar-refractivity contribution in [3.63, 3.8) is 0 Å². The summed E-state index contributed by atoms with van der Waals surface area (Å²) in [7, 11) is 3.55. The average Bonchev–Trinajstić information content (AvgIpc) is 1.81. The number of nitrogens with zero attached hydrogens (tertiary/aromatic N) is 1. The van der Waals surface area contributed by atoms with Gasteiger partial charge in [0.15, 0.2) is 6.54 Å². The minimum absolute atomic E-state index is 0.0290. The molecule has 76 valence electrons. The molecule has 0 aliphatic rings. The Hall–Kier alpha value is -1.10. The number of hydrogen-bond donors (Lipinski definition) is 1. The van der Waals surface area contributed by atoms with Gasteiger partial charge in [-0.05, 0) is 0 Å². The maximum Gasteiger partial charge on any atom is 0.359 e. The summed E-state index contributed by atoms with van der Waals surface area (Å²) < 4.78 is 5.02. The molecule has 5 nitrogen and oxygen atoms in total. The van der Waals surface area contributed by atoms with E-state index in [-0.39, 0.29) is 19.1 Å². The zero-order chi connectivity index (χ0) is 10.5. The van der Waals surface area contributed by atoms with E-state index in [0.717, 1.165) is 0 Å². The number of rotatable bonds is 5. The first-order chi connectivity index (χ1) is 5.83. The molecule has 0 heterocycles. The summed E-state index contributed by atoms with van der Waals surface area (Å²) in [5, 5.41) is 8.53. The quantitative estimate of drug-likeness (QED) is 0.478. The van der Waals surface area contributed by atoms with E-state index in [1.165, 1.54) is 6.92 Å². The van der Waals surface area contributed by atoms with Crippen LogP contribution in [-0.2, 0) is 14.3 Å². The van der Waals surface area contributed by atoms with Crippen LogP contribution >= 0.6 is 0 Å². The lowest BCUT2D eigenvalue weighted by atomic mass is 10.4. The number of esters is 1. The molecule has 0 bridgehead atoms. The Bertz CT molecular complexity index is 200. The summed E-state index contributed by atoms with van der Waals surface area (Å²) in [6, 6.07) is 0. The molecule has 0 radical (unpaired) electrons. The molecule has 0 aromatic carbocycles. The smallest absolute Gasteiger partial charge is 0.359 e. The Kier molecular flexibility index (Phi) is 4.40. The van der Waals surface area contributed by atoms with Gasteiger partial charge in [-0.25, -0.2) is 4.79 Å². The van der Waals surface area contributed by atoms with E-state index in [1.54, 1.807) is 14.1 Å². The van der Waals surface area contributed by atoms with Crippen LogP contribution in [0.2, 0.25) is 0 Å². The van der Waals surface area contributed by atoms with Crippen LogP contribution in [0.15, 0.2) is 0 Å². The topological polar surface area (TPSA) is 63.6 Å². The number of likely N-dealkylation sites (N-methyl/N-ethyl adjacent to an activating group) is 1. The molecule has 1 N–H and O–H groups in total. The predicted molar refractivity (Wildman–Crippen MR) is 46.1 cm³/mol. The molecular formula is C8H16NO4+. The summed E-state index contributed by atoms with van der Waals surface area (Å²) in [5.74, 6) is -1.19. The molecule has 0 saturated heterocycles. The molecule has 0 rings (SSSR count). The maximum atomic E-state index is 10.4. The van der Waals surface area contributed by atoms with Crippen molar-refractivity contribution in [3.05, 3.63) is 0 Å². The summed E-state index contributed by atoms with van der Waals surface area (Å²) in [5.41, 5.74) is 0. The van der Waals surface area contributed by atoms with E-state index in [0.29, 0.717) is 11.0 Å². The summed E-state index contributed by atoms with van der Waals surface area (Å²) in [6.45, 7) is 2.12. The van der Waals surface area contributed by atoms with Crippen molar-refractivity contribution < 1.29 is 23.9 Å². The molecule has 0 unspecified atom stereocenters. The first kappa shape index (κ1) is 11.9. The Balaban J connectivity index is 3.75. The van der Waals surface area contributed by atoms with Crippen LogP contribution in [0.5, 0.6) is 0 Å². The van der Waals surface area contributed by atoms with Gasteiger partial charge in [-0.15, -0.1) is 0 Å². The van der Waals surface area contributed by atoms with E-state index in [9.17, 15) is 9.59 Å². The number of carboxylic acid groups (broad SMARTS) is 1. The fourth-order valence-electron chi connectivity index (χ4n) is 0.882. The zero-order valence-electron chi connectivity index (χ0n) is 8.24. The number of carbonyl (C=O) groups is 2. The minimum atomic E-state index is -0.854.